The molecule has 2 fully saturated rings. The zero-order chi connectivity index (χ0) is 13.9. The minimum atomic E-state index is -0.837. The molecule has 108 valence electrons. The lowest BCUT2D eigenvalue weighted by Crippen LogP contribution is -2.60. The average molecular weight is 269 g/mol. The number of hydrogen-bond acceptors (Lipinski definition) is 3. The van der Waals surface area contributed by atoms with Gasteiger partial charge in [0.25, 0.3) is 0 Å². The number of piperazine rings is 1. The molecule has 1 aliphatic carbocycles. The number of amides is 2. The maximum Gasteiger partial charge on any atom is 0.317 e. The van der Waals surface area contributed by atoms with Gasteiger partial charge in [-0.25, -0.2) is 4.79 Å². The number of nitrogens with one attached hydrogen (secondary N) is 1. The summed E-state index contributed by atoms with van der Waals surface area (Å²) in [4.78, 5) is 27.2. The van der Waals surface area contributed by atoms with E-state index in [9.17, 15) is 9.59 Å². The van der Waals surface area contributed by atoms with Gasteiger partial charge in [-0.1, -0.05) is 6.92 Å². The third-order valence-corrected chi connectivity index (χ3v) is 4.28. The number of likely N-dealkylation sites (N-methyl/N-ethyl adjacent to an activating group) is 1. The molecule has 0 bridgehead atoms. The molecule has 6 nitrogen and oxygen atoms in total. The number of aliphatic carboxylic acids is 1. The topological polar surface area (TPSA) is 72.9 Å². The van der Waals surface area contributed by atoms with Crippen molar-refractivity contribution < 1.29 is 14.7 Å². The number of carbonyl (C=O) groups is 2. The Morgan fingerprint density at radius 1 is 1.21 bits per heavy atom. The first-order chi connectivity index (χ1) is 9.04. The zero-order valence-corrected chi connectivity index (χ0v) is 11.5. The fourth-order valence-electron chi connectivity index (χ4n) is 2.81. The number of hydrogen-bond donors (Lipinski definition) is 2. The molecule has 1 saturated heterocycles. The summed E-state index contributed by atoms with van der Waals surface area (Å²) in [5.41, 5.74) is -0.495. The van der Waals surface area contributed by atoms with Gasteiger partial charge in [-0.05, 0) is 25.8 Å². The first kappa shape index (κ1) is 14.1. The van der Waals surface area contributed by atoms with Gasteiger partial charge in [0.1, 0.15) is 0 Å². The highest BCUT2D eigenvalue weighted by Crippen LogP contribution is 2.35. The van der Waals surface area contributed by atoms with Gasteiger partial charge >= 0.3 is 12.0 Å². The average Bonchev–Trinajstić information content (AvgIpc) is 2.35. The standard InChI is InChI=1S/C13H23N3O3/c1-2-15-6-8-16(9-7-15)12(19)14-13(4-3-5-13)10-11(17)18/h2-10H2,1H3,(H,14,19)(H,17,18). The van der Waals surface area contributed by atoms with Crippen molar-refractivity contribution in [3.05, 3.63) is 0 Å². The van der Waals surface area contributed by atoms with E-state index in [4.69, 9.17) is 5.11 Å². The lowest BCUT2D eigenvalue weighted by atomic mass is 9.74. The summed E-state index contributed by atoms with van der Waals surface area (Å²) < 4.78 is 0. The Labute approximate surface area is 113 Å². The Bertz CT molecular complexity index is 347. The number of carboxylic acids is 1. The highest BCUT2D eigenvalue weighted by Gasteiger charge is 2.41. The number of urea groups is 1. The molecule has 0 aromatic heterocycles. The molecule has 19 heavy (non-hydrogen) atoms. The van der Waals surface area contributed by atoms with Crippen molar-refractivity contribution in [2.45, 2.75) is 38.1 Å². The highest BCUT2D eigenvalue weighted by molar-refractivity contribution is 5.77. The van der Waals surface area contributed by atoms with Gasteiger partial charge in [0.15, 0.2) is 0 Å². The van der Waals surface area contributed by atoms with Crippen molar-refractivity contribution in [3.8, 4) is 0 Å². The van der Waals surface area contributed by atoms with E-state index in [0.29, 0.717) is 0 Å². The van der Waals surface area contributed by atoms with Crippen molar-refractivity contribution in [3.63, 3.8) is 0 Å². The lowest BCUT2D eigenvalue weighted by molar-refractivity contribution is -0.139. The van der Waals surface area contributed by atoms with Gasteiger partial charge < -0.3 is 20.2 Å². The van der Waals surface area contributed by atoms with Crippen LogP contribution in [0.15, 0.2) is 0 Å². The van der Waals surface area contributed by atoms with Crippen LogP contribution in [0.4, 0.5) is 4.79 Å². The van der Waals surface area contributed by atoms with Crippen LogP contribution in [0.3, 0.4) is 0 Å². The van der Waals surface area contributed by atoms with Crippen LogP contribution in [-0.4, -0.2) is 65.2 Å². The van der Waals surface area contributed by atoms with E-state index >= 15 is 0 Å². The normalized spacial score (nSPS) is 22.7. The fraction of sp³-hybridized carbons (Fsp3) is 0.846. The number of carboxylic acid groups (broad SMARTS) is 1. The first-order valence-electron chi connectivity index (χ1n) is 7.06. The smallest absolute Gasteiger partial charge is 0.317 e. The largest absolute Gasteiger partial charge is 0.481 e. The van der Waals surface area contributed by atoms with Crippen LogP contribution in [0.5, 0.6) is 0 Å². The molecule has 2 rings (SSSR count). The minimum Gasteiger partial charge on any atom is -0.481 e. The molecule has 0 aromatic rings. The maximum atomic E-state index is 12.2. The summed E-state index contributed by atoms with van der Waals surface area (Å²) in [6.07, 6.45) is 2.59. The van der Waals surface area contributed by atoms with Crippen LogP contribution >= 0.6 is 0 Å². The molecule has 0 aromatic carbocycles. The molecule has 1 saturated carbocycles. The molecule has 0 atom stereocenters. The highest BCUT2D eigenvalue weighted by atomic mass is 16.4. The van der Waals surface area contributed by atoms with Crippen LogP contribution in [0, 0.1) is 0 Å². The zero-order valence-electron chi connectivity index (χ0n) is 11.5. The van der Waals surface area contributed by atoms with Crippen LogP contribution in [0.1, 0.15) is 32.6 Å². The number of carbonyl (C=O) groups excluding carboxylic acids is 1. The Morgan fingerprint density at radius 2 is 1.84 bits per heavy atom. The van der Waals surface area contributed by atoms with E-state index in [1.165, 1.54) is 0 Å². The van der Waals surface area contributed by atoms with Crippen LogP contribution < -0.4 is 5.32 Å². The Morgan fingerprint density at radius 3 is 2.26 bits per heavy atom. The molecule has 0 radical (unpaired) electrons. The summed E-state index contributed by atoms with van der Waals surface area (Å²) in [6, 6.07) is -0.100. The van der Waals surface area contributed by atoms with Gasteiger partial charge in [0, 0.05) is 26.2 Å². The molecule has 2 aliphatic rings. The van der Waals surface area contributed by atoms with Crippen molar-refractivity contribution in [2.75, 3.05) is 32.7 Å². The molecule has 6 heteroatoms. The quantitative estimate of drug-likeness (QED) is 0.789. The summed E-state index contributed by atoms with van der Waals surface area (Å²) in [6.45, 7) is 6.38. The van der Waals surface area contributed by atoms with E-state index in [0.717, 1.165) is 52.0 Å². The van der Waals surface area contributed by atoms with E-state index in [2.05, 4.69) is 17.1 Å². The first-order valence-corrected chi connectivity index (χ1v) is 7.06. The van der Waals surface area contributed by atoms with Gasteiger partial charge in [0.05, 0.1) is 12.0 Å². The molecule has 1 heterocycles. The SMILES string of the molecule is CCN1CCN(C(=O)NC2(CC(=O)O)CCC2)CC1. The molecular formula is C13H23N3O3. The Hall–Kier alpha value is -1.30. The maximum absolute atomic E-state index is 12.2. The van der Waals surface area contributed by atoms with Crippen molar-refractivity contribution in [2.24, 2.45) is 0 Å². The second-order valence-electron chi connectivity index (χ2n) is 5.56. The molecule has 1 aliphatic heterocycles. The third-order valence-electron chi connectivity index (χ3n) is 4.28. The Kier molecular flexibility index (Phi) is 4.29. The number of nitrogens with zero attached hydrogens (tertiary/aromatic N) is 2. The van der Waals surface area contributed by atoms with Gasteiger partial charge in [-0.2, -0.15) is 0 Å². The lowest BCUT2D eigenvalue weighted by Gasteiger charge is -2.43. The summed E-state index contributed by atoms with van der Waals surface area (Å²) in [5, 5.41) is 11.9. The predicted molar refractivity (Wildman–Crippen MR) is 71.1 cm³/mol. The van der Waals surface area contributed by atoms with Gasteiger partial charge in [-0.15, -0.1) is 0 Å². The number of rotatable bonds is 4. The monoisotopic (exact) mass is 269 g/mol. The second-order valence-corrected chi connectivity index (χ2v) is 5.56. The molecule has 0 unspecified atom stereocenters. The van der Waals surface area contributed by atoms with Crippen LogP contribution in [0.25, 0.3) is 0 Å². The van der Waals surface area contributed by atoms with Crippen molar-refractivity contribution >= 4 is 12.0 Å². The second kappa shape index (κ2) is 5.77. The van der Waals surface area contributed by atoms with Crippen LogP contribution in [-0.2, 0) is 4.79 Å². The van der Waals surface area contributed by atoms with Gasteiger partial charge in [0.2, 0.25) is 0 Å². The fourth-order valence-corrected chi connectivity index (χ4v) is 2.81. The van der Waals surface area contributed by atoms with E-state index < -0.39 is 11.5 Å². The van der Waals surface area contributed by atoms with E-state index in [-0.39, 0.29) is 12.5 Å². The van der Waals surface area contributed by atoms with Gasteiger partial charge in [-0.3, -0.25) is 4.79 Å². The van der Waals surface area contributed by atoms with Crippen molar-refractivity contribution in [1.82, 2.24) is 15.1 Å². The molecule has 0 spiro atoms. The van der Waals surface area contributed by atoms with E-state index in [1.54, 1.807) is 4.90 Å². The molecule has 2 N–H and O–H groups in total. The van der Waals surface area contributed by atoms with Crippen molar-refractivity contribution in [1.29, 1.82) is 0 Å². The predicted octanol–water partition coefficient (Wildman–Crippen LogP) is 0.731. The van der Waals surface area contributed by atoms with Crippen LogP contribution in [0.2, 0.25) is 0 Å². The van der Waals surface area contributed by atoms with E-state index in [1.807, 2.05) is 0 Å². The summed E-state index contributed by atoms with van der Waals surface area (Å²) in [7, 11) is 0. The Balaban J connectivity index is 1.85. The minimum absolute atomic E-state index is 0.0354. The molecule has 2 amide bonds. The summed E-state index contributed by atoms with van der Waals surface area (Å²) >= 11 is 0. The third kappa shape index (κ3) is 3.37. The molecular weight excluding hydrogens is 246 g/mol. The summed E-state index contributed by atoms with van der Waals surface area (Å²) in [5.74, 6) is -0.837.